The van der Waals surface area contributed by atoms with Crippen LogP contribution in [0.2, 0.25) is 5.02 Å². The summed E-state index contributed by atoms with van der Waals surface area (Å²) in [7, 11) is -1.84. The molecule has 2 unspecified atom stereocenters. The zero-order chi connectivity index (χ0) is 24.8. The molecule has 178 valence electrons. The van der Waals surface area contributed by atoms with Crippen molar-refractivity contribution in [1.29, 1.82) is 0 Å². The zero-order valence-electron chi connectivity index (χ0n) is 18.9. The maximum atomic E-state index is 13.1. The van der Waals surface area contributed by atoms with Crippen LogP contribution in [-0.2, 0) is 25.2 Å². The van der Waals surface area contributed by atoms with E-state index in [4.69, 9.17) is 11.6 Å². The Bertz CT molecular complexity index is 1020. The first-order valence-corrected chi connectivity index (χ1v) is 12.0. The number of carbonyl (C=O) groups excluding carboxylic acids is 3. The first-order valence-electron chi connectivity index (χ1n) is 10.2. The van der Waals surface area contributed by atoms with Crippen molar-refractivity contribution >= 4 is 51.5 Å². The van der Waals surface area contributed by atoms with Gasteiger partial charge in [0, 0.05) is 32.7 Å². The molecule has 0 radical (unpaired) electrons. The van der Waals surface area contributed by atoms with Gasteiger partial charge in [0.15, 0.2) is 0 Å². The molecule has 0 bridgehead atoms. The molecule has 2 aromatic rings. The Morgan fingerprint density at radius 1 is 1.03 bits per heavy atom. The highest BCUT2D eigenvalue weighted by Gasteiger charge is 2.30. The fourth-order valence-corrected chi connectivity index (χ4v) is 3.92. The van der Waals surface area contributed by atoms with E-state index in [1.807, 2.05) is 20.8 Å². The van der Waals surface area contributed by atoms with E-state index in [1.165, 1.54) is 29.2 Å². The van der Waals surface area contributed by atoms with Crippen molar-refractivity contribution in [3.8, 4) is 0 Å². The van der Waals surface area contributed by atoms with Gasteiger partial charge in [-0.1, -0.05) is 11.6 Å². The van der Waals surface area contributed by atoms with E-state index < -0.39 is 51.5 Å². The third-order valence-corrected chi connectivity index (χ3v) is 5.75. The van der Waals surface area contributed by atoms with Gasteiger partial charge in [0.2, 0.25) is 17.7 Å². The van der Waals surface area contributed by atoms with Crippen molar-refractivity contribution in [1.82, 2.24) is 5.32 Å². The summed E-state index contributed by atoms with van der Waals surface area (Å²) in [6, 6.07) is 10.6. The van der Waals surface area contributed by atoms with Crippen LogP contribution in [0, 0.1) is 5.82 Å². The molecule has 2 aromatic carbocycles. The Morgan fingerprint density at radius 3 is 2.15 bits per heavy atom. The van der Waals surface area contributed by atoms with Crippen LogP contribution in [-0.4, -0.2) is 45.0 Å². The molecule has 0 saturated heterocycles. The van der Waals surface area contributed by atoms with Gasteiger partial charge in [-0.3, -0.25) is 23.5 Å². The standard InChI is InChI=1S/C23H27ClFN3O4S/c1-15(22(31)27-23(2,3)4)28(19-11-5-16(24)6-12-19)21(30)14-33(32)13-20(29)26-18-9-7-17(25)8-10-18/h5-12,15H,13-14H2,1-4H3,(H,26,29)(H,27,31). The molecule has 0 aromatic heterocycles. The lowest BCUT2D eigenvalue weighted by Crippen LogP contribution is -2.53. The van der Waals surface area contributed by atoms with Crippen LogP contribution >= 0.6 is 11.6 Å². The number of anilines is 2. The van der Waals surface area contributed by atoms with Crippen molar-refractivity contribution in [3.05, 3.63) is 59.4 Å². The molecule has 0 spiro atoms. The van der Waals surface area contributed by atoms with Crippen LogP contribution in [0.25, 0.3) is 0 Å². The van der Waals surface area contributed by atoms with Gasteiger partial charge >= 0.3 is 0 Å². The summed E-state index contributed by atoms with van der Waals surface area (Å²) in [4.78, 5) is 39.2. The molecular weight excluding hydrogens is 469 g/mol. The molecule has 0 saturated carbocycles. The third kappa shape index (κ3) is 8.58. The first-order chi connectivity index (χ1) is 15.4. The molecule has 0 fully saturated rings. The molecule has 3 amide bonds. The highest BCUT2D eigenvalue weighted by atomic mass is 35.5. The van der Waals surface area contributed by atoms with Gasteiger partial charge in [0.05, 0.1) is 0 Å². The van der Waals surface area contributed by atoms with Gasteiger partial charge in [0.25, 0.3) is 0 Å². The topological polar surface area (TPSA) is 95.6 Å². The van der Waals surface area contributed by atoms with Crippen LogP contribution in [0.5, 0.6) is 0 Å². The van der Waals surface area contributed by atoms with Crippen LogP contribution in [0.1, 0.15) is 27.7 Å². The van der Waals surface area contributed by atoms with E-state index in [0.717, 1.165) is 0 Å². The summed E-state index contributed by atoms with van der Waals surface area (Å²) in [5.74, 6) is -2.89. The SMILES string of the molecule is CC(C(=O)NC(C)(C)C)N(C(=O)CS(=O)CC(=O)Nc1ccc(F)cc1)c1ccc(Cl)cc1. The lowest BCUT2D eigenvalue weighted by molar-refractivity contribution is -0.126. The van der Waals surface area contributed by atoms with Gasteiger partial charge in [-0.25, -0.2) is 4.39 Å². The number of nitrogens with zero attached hydrogens (tertiary/aromatic N) is 1. The summed E-state index contributed by atoms with van der Waals surface area (Å²) in [6.45, 7) is 7.03. The third-order valence-electron chi connectivity index (χ3n) is 4.34. The Labute approximate surface area is 200 Å². The molecule has 2 N–H and O–H groups in total. The average molecular weight is 496 g/mol. The van der Waals surface area contributed by atoms with E-state index in [-0.39, 0.29) is 5.91 Å². The number of halogens is 2. The number of hydrogen-bond donors (Lipinski definition) is 2. The molecular formula is C23H27ClFN3O4S. The average Bonchev–Trinajstić information content (AvgIpc) is 2.69. The van der Waals surface area contributed by atoms with Gasteiger partial charge in [-0.15, -0.1) is 0 Å². The molecule has 0 aliphatic heterocycles. The second-order valence-electron chi connectivity index (χ2n) is 8.44. The van der Waals surface area contributed by atoms with Gasteiger partial charge < -0.3 is 10.6 Å². The summed E-state index contributed by atoms with van der Waals surface area (Å²) in [5, 5.41) is 5.79. The maximum absolute atomic E-state index is 13.1. The van der Waals surface area contributed by atoms with Crippen LogP contribution in [0.3, 0.4) is 0 Å². The van der Waals surface area contributed by atoms with Crippen molar-refractivity contribution < 1.29 is 23.0 Å². The van der Waals surface area contributed by atoms with Crippen molar-refractivity contribution in [2.45, 2.75) is 39.3 Å². The highest BCUT2D eigenvalue weighted by molar-refractivity contribution is 7.86. The Kier molecular flexibility index (Phi) is 9.13. The molecule has 0 heterocycles. The summed E-state index contributed by atoms with van der Waals surface area (Å²) < 4.78 is 25.5. The summed E-state index contributed by atoms with van der Waals surface area (Å²) >= 11 is 5.95. The fourth-order valence-electron chi connectivity index (χ4n) is 2.91. The molecule has 2 atom stereocenters. The predicted octanol–water partition coefficient (Wildman–Crippen LogP) is 3.50. The van der Waals surface area contributed by atoms with Crippen molar-refractivity contribution in [2.75, 3.05) is 21.7 Å². The van der Waals surface area contributed by atoms with E-state index >= 15 is 0 Å². The Balaban J connectivity index is 2.12. The number of benzene rings is 2. The second kappa shape index (κ2) is 11.4. The van der Waals surface area contributed by atoms with Gasteiger partial charge in [-0.2, -0.15) is 0 Å². The predicted molar refractivity (Wildman–Crippen MR) is 129 cm³/mol. The minimum atomic E-state index is -1.84. The Morgan fingerprint density at radius 2 is 1.61 bits per heavy atom. The van der Waals surface area contributed by atoms with Crippen LogP contribution in [0.15, 0.2) is 48.5 Å². The first kappa shape index (κ1) is 26.5. The minimum Gasteiger partial charge on any atom is -0.350 e. The maximum Gasteiger partial charge on any atom is 0.243 e. The minimum absolute atomic E-state index is 0.347. The summed E-state index contributed by atoms with van der Waals surface area (Å²) in [5.41, 5.74) is 0.245. The largest absolute Gasteiger partial charge is 0.350 e. The zero-order valence-corrected chi connectivity index (χ0v) is 20.4. The van der Waals surface area contributed by atoms with Crippen LogP contribution in [0.4, 0.5) is 15.8 Å². The van der Waals surface area contributed by atoms with Gasteiger partial charge in [0.1, 0.15) is 23.4 Å². The molecule has 10 heteroatoms. The highest BCUT2D eigenvalue weighted by Crippen LogP contribution is 2.21. The fraction of sp³-hybridized carbons (Fsp3) is 0.348. The smallest absolute Gasteiger partial charge is 0.243 e. The van der Waals surface area contributed by atoms with E-state index in [2.05, 4.69) is 10.6 Å². The van der Waals surface area contributed by atoms with E-state index in [9.17, 15) is 23.0 Å². The summed E-state index contributed by atoms with van der Waals surface area (Å²) in [6.07, 6.45) is 0. The molecule has 33 heavy (non-hydrogen) atoms. The number of nitrogens with one attached hydrogen (secondary N) is 2. The number of amides is 3. The van der Waals surface area contributed by atoms with Crippen molar-refractivity contribution in [2.24, 2.45) is 0 Å². The lowest BCUT2D eigenvalue weighted by Gasteiger charge is -2.31. The molecule has 7 nitrogen and oxygen atoms in total. The van der Waals surface area contributed by atoms with Crippen molar-refractivity contribution in [3.63, 3.8) is 0 Å². The lowest BCUT2D eigenvalue weighted by atomic mass is 10.1. The quantitative estimate of drug-likeness (QED) is 0.586. The molecule has 2 rings (SSSR count). The number of carbonyl (C=O) groups is 3. The normalized spacial score (nSPS) is 13.0. The van der Waals surface area contributed by atoms with E-state index in [0.29, 0.717) is 16.4 Å². The number of hydrogen-bond acceptors (Lipinski definition) is 4. The monoisotopic (exact) mass is 495 g/mol. The molecule has 0 aliphatic carbocycles. The van der Waals surface area contributed by atoms with Crippen LogP contribution < -0.4 is 15.5 Å². The Hall–Kier alpha value is -2.78. The number of rotatable bonds is 8. The molecule has 0 aliphatic rings. The van der Waals surface area contributed by atoms with E-state index in [1.54, 1.807) is 31.2 Å². The van der Waals surface area contributed by atoms with Gasteiger partial charge in [-0.05, 0) is 76.2 Å². The second-order valence-corrected chi connectivity index (χ2v) is 10.3.